The maximum Gasteiger partial charge on any atom is 0.309 e. The standard InChI is InChI=1S/C6H12O2.C5H11NO/c1-4-6(2,3)5(7)8;1-5(2,3)4(6)7/h4H2,1-3H3,(H,7,8);1-3H3,(H2,6,7). The molecular weight excluding hydrogens is 194 g/mol. The third kappa shape index (κ3) is 7.97. The first-order valence-corrected chi connectivity index (χ1v) is 4.98. The normalized spacial score (nSPS) is 11.3. The quantitative estimate of drug-likeness (QED) is 0.742. The Labute approximate surface area is 91.9 Å². The number of carboxylic acid groups (broad SMARTS) is 1. The molecule has 0 aromatic heterocycles. The molecule has 0 aliphatic heterocycles. The molecule has 0 aromatic carbocycles. The van der Waals surface area contributed by atoms with Crippen molar-refractivity contribution < 1.29 is 14.7 Å². The summed E-state index contributed by atoms with van der Waals surface area (Å²) in [6, 6.07) is 0. The first kappa shape index (κ1) is 16.4. The molecule has 0 fully saturated rings. The van der Waals surface area contributed by atoms with Gasteiger partial charge in [0.25, 0.3) is 0 Å². The van der Waals surface area contributed by atoms with E-state index in [2.05, 4.69) is 0 Å². The predicted octanol–water partition coefficient (Wildman–Crippen LogP) is 2.02. The fraction of sp³-hybridized carbons (Fsp3) is 0.818. The number of rotatable bonds is 2. The highest BCUT2D eigenvalue weighted by Gasteiger charge is 2.23. The van der Waals surface area contributed by atoms with E-state index in [9.17, 15) is 9.59 Å². The third-order valence-electron chi connectivity index (χ3n) is 2.20. The summed E-state index contributed by atoms with van der Waals surface area (Å²) >= 11 is 0. The Hall–Kier alpha value is -1.06. The van der Waals surface area contributed by atoms with Crippen LogP contribution in [0.15, 0.2) is 0 Å². The lowest BCUT2D eigenvalue weighted by Gasteiger charge is -2.14. The number of hydrogen-bond donors (Lipinski definition) is 2. The van der Waals surface area contributed by atoms with E-state index in [0.717, 1.165) is 0 Å². The summed E-state index contributed by atoms with van der Waals surface area (Å²) in [6.07, 6.45) is 0.683. The highest BCUT2D eigenvalue weighted by molar-refractivity contribution is 5.79. The van der Waals surface area contributed by atoms with Crippen molar-refractivity contribution >= 4 is 11.9 Å². The molecule has 4 nitrogen and oxygen atoms in total. The zero-order chi connectivity index (χ0) is 12.9. The van der Waals surface area contributed by atoms with Gasteiger partial charge < -0.3 is 10.8 Å². The lowest BCUT2D eigenvalue weighted by atomic mass is 9.91. The number of carboxylic acids is 1. The minimum absolute atomic E-state index is 0.257. The Morgan fingerprint density at radius 1 is 1.13 bits per heavy atom. The van der Waals surface area contributed by atoms with Crippen molar-refractivity contribution in [2.75, 3.05) is 0 Å². The largest absolute Gasteiger partial charge is 0.481 e. The molecule has 0 aromatic rings. The second-order valence-electron chi connectivity index (χ2n) is 5.16. The van der Waals surface area contributed by atoms with Gasteiger partial charge in [-0.05, 0) is 20.3 Å². The molecule has 15 heavy (non-hydrogen) atoms. The minimum atomic E-state index is -0.722. The molecule has 0 heterocycles. The van der Waals surface area contributed by atoms with Crippen molar-refractivity contribution in [2.45, 2.75) is 48.0 Å². The summed E-state index contributed by atoms with van der Waals surface area (Å²) in [5, 5.41) is 8.44. The highest BCUT2D eigenvalue weighted by Crippen LogP contribution is 2.18. The first-order chi connectivity index (χ1) is 6.45. The van der Waals surface area contributed by atoms with Crippen molar-refractivity contribution in [3.63, 3.8) is 0 Å². The van der Waals surface area contributed by atoms with E-state index in [1.807, 2.05) is 6.92 Å². The molecule has 3 N–H and O–H groups in total. The molecule has 0 saturated heterocycles. The minimum Gasteiger partial charge on any atom is -0.481 e. The van der Waals surface area contributed by atoms with Crippen molar-refractivity contribution in [1.29, 1.82) is 0 Å². The number of nitrogens with two attached hydrogens (primary N) is 1. The van der Waals surface area contributed by atoms with E-state index in [-0.39, 0.29) is 11.3 Å². The van der Waals surface area contributed by atoms with Crippen LogP contribution >= 0.6 is 0 Å². The molecule has 90 valence electrons. The molecule has 1 amide bonds. The van der Waals surface area contributed by atoms with Crippen LogP contribution in [0.5, 0.6) is 0 Å². The van der Waals surface area contributed by atoms with Gasteiger partial charge in [0.15, 0.2) is 0 Å². The zero-order valence-electron chi connectivity index (χ0n) is 10.5. The lowest BCUT2D eigenvalue weighted by Crippen LogP contribution is -2.27. The number of aliphatic carboxylic acids is 1. The van der Waals surface area contributed by atoms with Gasteiger partial charge in [0, 0.05) is 5.41 Å². The summed E-state index contributed by atoms with van der Waals surface area (Å²) < 4.78 is 0. The van der Waals surface area contributed by atoms with Crippen LogP contribution in [0.25, 0.3) is 0 Å². The van der Waals surface area contributed by atoms with E-state index >= 15 is 0 Å². The van der Waals surface area contributed by atoms with Crippen LogP contribution in [0.2, 0.25) is 0 Å². The number of hydrogen-bond acceptors (Lipinski definition) is 2. The van der Waals surface area contributed by atoms with Crippen molar-refractivity contribution in [2.24, 2.45) is 16.6 Å². The third-order valence-corrected chi connectivity index (χ3v) is 2.20. The molecule has 4 heteroatoms. The van der Waals surface area contributed by atoms with E-state index in [1.165, 1.54) is 0 Å². The average molecular weight is 217 g/mol. The van der Waals surface area contributed by atoms with Crippen LogP contribution in [0.3, 0.4) is 0 Å². The van der Waals surface area contributed by atoms with Gasteiger partial charge in [0.1, 0.15) is 0 Å². The van der Waals surface area contributed by atoms with Gasteiger partial charge in [0.05, 0.1) is 5.41 Å². The number of carbonyl (C=O) groups is 2. The molecule has 0 spiro atoms. The van der Waals surface area contributed by atoms with Gasteiger partial charge in [-0.2, -0.15) is 0 Å². The Bertz CT molecular complexity index is 226. The number of amides is 1. The smallest absolute Gasteiger partial charge is 0.309 e. The molecule has 0 bridgehead atoms. The second kappa shape index (κ2) is 5.73. The van der Waals surface area contributed by atoms with Crippen LogP contribution in [0.1, 0.15) is 48.0 Å². The van der Waals surface area contributed by atoms with Gasteiger partial charge in [-0.15, -0.1) is 0 Å². The molecule has 0 rings (SSSR count). The monoisotopic (exact) mass is 217 g/mol. The molecule has 0 aliphatic rings. The van der Waals surface area contributed by atoms with Crippen LogP contribution in [-0.2, 0) is 9.59 Å². The summed E-state index contributed by atoms with van der Waals surface area (Å²) in [7, 11) is 0. The molecular formula is C11H23NO3. The fourth-order valence-electron chi connectivity index (χ4n) is 0.151. The molecule has 0 unspecified atom stereocenters. The van der Waals surface area contributed by atoms with Gasteiger partial charge in [-0.25, -0.2) is 0 Å². The Balaban J connectivity index is 0. The van der Waals surface area contributed by atoms with Gasteiger partial charge in [0.2, 0.25) is 5.91 Å². The molecule has 0 atom stereocenters. The Morgan fingerprint density at radius 2 is 1.40 bits per heavy atom. The van der Waals surface area contributed by atoms with Crippen LogP contribution in [-0.4, -0.2) is 17.0 Å². The first-order valence-electron chi connectivity index (χ1n) is 4.98. The predicted molar refractivity (Wildman–Crippen MR) is 60.4 cm³/mol. The van der Waals surface area contributed by atoms with Crippen LogP contribution in [0.4, 0.5) is 0 Å². The van der Waals surface area contributed by atoms with Crippen molar-refractivity contribution in [1.82, 2.24) is 0 Å². The SMILES string of the molecule is CC(C)(C)C(N)=O.CCC(C)(C)C(=O)O. The highest BCUT2D eigenvalue weighted by atomic mass is 16.4. The van der Waals surface area contributed by atoms with Gasteiger partial charge in [-0.1, -0.05) is 27.7 Å². The topological polar surface area (TPSA) is 80.4 Å². The van der Waals surface area contributed by atoms with E-state index in [4.69, 9.17) is 10.8 Å². The van der Waals surface area contributed by atoms with E-state index < -0.39 is 11.4 Å². The van der Waals surface area contributed by atoms with Gasteiger partial charge >= 0.3 is 5.97 Å². The van der Waals surface area contributed by atoms with E-state index in [0.29, 0.717) is 6.42 Å². The van der Waals surface area contributed by atoms with Crippen molar-refractivity contribution in [3.05, 3.63) is 0 Å². The lowest BCUT2D eigenvalue weighted by molar-refractivity contribution is -0.147. The maximum atomic E-state index is 10.3. The van der Waals surface area contributed by atoms with Crippen molar-refractivity contribution in [3.8, 4) is 0 Å². The fourth-order valence-corrected chi connectivity index (χ4v) is 0.151. The Kier molecular flexibility index (Phi) is 6.26. The zero-order valence-corrected chi connectivity index (χ0v) is 10.5. The molecule has 0 radical (unpaired) electrons. The van der Waals surface area contributed by atoms with Crippen LogP contribution < -0.4 is 5.73 Å². The van der Waals surface area contributed by atoms with Gasteiger partial charge in [-0.3, -0.25) is 9.59 Å². The Morgan fingerprint density at radius 3 is 1.40 bits per heavy atom. The van der Waals surface area contributed by atoms with Crippen LogP contribution in [0, 0.1) is 10.8 Å². The number of primary amides is 1. The summed E-state index contributed by atoms with van der Waals surface area (Å²) in [4.78, 5) is 20.5. The summed E-state index contributed by atoms with van der Waals surface area (Å²) in [6.45, 7) is 10.7. The van der Waals surface area contributed by atoms with E-state index in [1.54, 1.807) is 34.6 Å². The molecule has 0 aliphatic carbocycles. The maximum absolute atomic E-state index is 10.3. The summed E-state index contributed by atoms with van der Waals surface area (Å²) in [5.74, 6) is -0.979. The summed E-state index contributed by atoms with van der Waals surface area (Å²) in [5.41, 5.74) is 4.03. The number of carbonyl (C=O) groups excluding carboxylic acids is 1. The molecule has 0 saturated carbocycles. The second-order valence-corrected chi connectivity index (χ2v) is 5.16. The average Bonchev–Trinajstić information content (AvgIpc) is 2.03.